The van der Waals surface area contributed by atoms with Gasteiger partial charge in [-0.15, -0.1) is 11.3 Å². The van der Waals surface area contributed by atoms with Gasteiger partial charge in [-0.2, -0.15) is 4.31 Å². The Bertz CT molecular complexity index is 1250. The van der Waals surface area contributed by atoms with Gasteiger partial charge in [0.2, 0.25) is 15.9 Å². The third-order valence-corrected chi connectivity index (χ3v) is 9.42. The molecule has 0 atom stereocenters. The molecule has 0 saturated carbocycles. The number of thiophene rings is 1. The second-order valence-corrected chi connectivity index (χ2v) is 12.2. The Labute approximate surface area is 215 Å². The summed E-state index contributed by atoms with van der Waals surface area (Å²) in [6.07, 6.45) is 4.39. The highest BCUT2D eigenvalue weighted by Gasteiger charge is 2.29. The number of hydrogen-bond acceptors (Lipinski definition) is 7. The minimum Gasteiger partial charge on any atom is -0.313 e. The largest absolute Gasteiger partial charge is 0.313 e. The number of hydrogen-bond donors (Lipinski definition) is 3. The number of anilines is 1. The summed E-state index contributed by atoms with van der Waals surface area (Å²) in [6.45, 7) is 3.72. The lowest BCUT2D eigenvalue weighted by molar-refractivity contribution is -0.119. The molecule has 3 amide bonds. The average Bonchev–Trinajstić information content (AvgIpc) is 3.00. The molecule has 3 heterocycles. The van der Waals surface area contributed by atoms with Gasteiger partial charge < -0.3 is 10.2 Å². The second kappa shape index (κ2) is 11.1. The van der Waals surface area contributed by atoms with Crippen molar-refractivity contribution in [3.8, 4) is 0 Å². The van der Waals surface area contributed by atoms with Crippen molar-refractivity contribution >= 4 is 44.1 Å². The van der Waals surface area contributed by atoms with E-state index >= 15 is 0 Å². The molecule has 194 valence electrons. The quantitative estimate of drug-likeness (QED) is 0.506. The smallest absolute Gasteiger partial charge is 0.272 e. The summed E-state index contributed by atoms with van der Waals surface area (Å²) in [5.74, 6) is -1.36. The van der Waals surface area contributed by atoms with E-state index in [1.165, 1.54) is 46.8 Å². The fourth-order valence-corrected chi connectivity index (χ4v) is 7.29. The molecule has 1 saturated heterocycles. The van der Waals surface area contributed by atoms with E-state index in [4.69, 9.17) is 0 Å². The summed E-state index contributed by atoms with van der Waals surface area (Å²) in [5, 5.41) is 3.22. The van der Waals surface area contributed by atoms with Crippen LogP contribution in [0.5, 0.6) is 0 Å². The summed E-state index contributed by atoms with van der Waals surface area (Å²) in [5.41, 5.74) is 6.16. The molecule has 1 aromatic carbocycles. The predicted octanol–water partition coefficient (Wildman–Crippen LogP) is 2.33. The van der Waals surface area contributed by atoms with Crippen LogP contribution in [0.4, 0.5) is 5.00 Å². The number of sulfonamides is 1. The van der Waals surface area contributed by atoms with Crippen molar-refractivity contribution in [3.63, 3.8) is 0 Å². The SMILES string of the molecule is CC(=O)NNC(=O)c1c(NC(=O)c2ccc(S(=O)(=O)N3CCCCCC3)cc2)sc2c1CCN(C)C2. The van der Waals surface area contributed by atoms with Crippen molar-refractivity contribution in [3.05, 3.63) is 45.8 Å². The van der Waals surface area contributed by atoms with Gasteiger partial charge in [0.05, 0.1) is 10.5 Å². The molecule has 0 aliphatic carbocycles. The fraction of sp³-hybridized carbons (Fsp3) is 0.458. The molecule has 2 aliphatic rings. The third-order valence-electron chi connectivity index (χ3n) is 6.37. The van der Waals surface area contributed by atoms with E-state index in [1.54, 1.807) is 0 Å². The predicted molar refractivity (Wildman–Crippen MR) is 137 cm³/mol. The topological polar surface area (TPSA) is 128 Å². The second-order valence-electron chi connectivity index (χ2n) is 9.13. The van der Waals surface area contributed by atoms with E-state index in [-0.39, 0.29) is 10.5 Å². The van der Waals surface area contributed by atoms with Gasteiger partial charge in [-0.05, 0) is 56.1 Å². The minimum atomic E-state index is -3.61. The summed E-state index contributed by atoms with van der Waals surface area (Å²) in [4.78, 5) is 40.5. The van der Waals surface area contributed by atoms with Crippen LogP contribution >= 0.6 is 11.3 Å². The van der Waals surface area contributed by atoms with Gasteiger partial charge in [-0.1, -0.05) is 12.8 Å². The van der Waals surface area contributed by atoms with Crippen molar-refractivity contribution in [1.29, 1.82) is 0 Å². The fourth-order valence-electron chi connectivity index (χ4n) is 4.45. The zero-order valence-electron chi connectivity index (χ0n) is 20.4. The maximum atomic E-state index is 13.1. The van der Waals surface area contributed by atoms with Gasteiger partial charge in [0, 0.05) is 43.5 Å². The van der Waals surface area contributed by atoms with Crippen LogP contribution in [0.25, 0.3) is 0 Å². The van der Waals surface area contributed by atoms with E-state index in [0.717, 1.165) is 42.7 Å². The minimum absolute atomic E-state index is 0.158. The molecule has 0 radical (unpaired) electrons. The number of fused-ring (bicyclic) bond motifs is 1. The summed E-state index contributed by atoms with van der Waals surface area (Å²) < 4.78 is 27.6. The van der Waals surface area contributed by atoms with Crippen LogP contribution < -0.4 is 16.2 Å². The number of rotatable bonds is 5. The standard InChI is InChI=1S/C24H31N5O5S2/c1-16(30)26-27-23(32)21-19-11-14-28(2)15-20(19)35-24(21)25-22(31)17-7-9-18(10-8-17)36(33,34)29-12-5-3-4-6-13-29/h7-10H,3-6,11-15H2,1-2H3,(H,25,31)(H,26,30)(H,27,32). The van der Waals surface area contributed by atoms with Crippen LogP contribution in [0, 0.1) is 0 Å². The molecule has 2 aliphatic heterocycles. The maximum Gasteiger partial charge on any atom is 0.272 e. The first-order chi connectivity index (χ1) is 17.2. The average molecular weight is 534 g/mol. The summed E-state index contributed by atoms with van der Waals surface area (Å²) in [6, 6.07) is 5.87. The van der Waals surface area contributed by atoms with Gasteiger partial charge in [0.15, 0.2) is 0 Å². The number of nitrogens with zero attached hydrogens (tertiary/aromatic N) is 2. The molecule has 4 rings (SSSR count). The lowest BCUT2D eigenvalue weighted by Crippen LogP contribution is -2.41. The number of carbonyl (C=O) groups excluding carboxylic acids is 3. The Balaban J connectivity index is 1.54. The molecular weight excluding hydrogens is 502 g/mol. The number of nitrogens with one attached hydrogen (secondary N) is 3. The Morgan fingerprint density at radius 1 is 0.917 bits per heavy atom. The Hall–Kier alpha value is -2.80. The molecule has 2 aromatic rings. The third kappa shape index (κ3) is 5.77. The maximum absolute atomic E-state index is 13.1. The van der Waals surface area contributed by atoms with Crippen LogP contribution in [-0.2, 0) is 27.8 Å². The molecule has 10 nitrogen and oxygen atoms in total. The summed E-state index contributed by atoms with van der Waals surface area (Å²) in [7, 11) is -1.63. The first-order valence-electron chi connectivity index (χ1n) is 12.0. The van der Waals surface area contributed by atoms with E-state index in [1.807, 2.05) is 7.05 Å². The molecule has 3 N–H and O–H groups in total. The van der Waals surface area contributed by atoms with Crippen LogP contribution in [0.2, 0.25) is 0 Å². The lowest BCUT2D eigenvalue weighted by Gasteiger charge is -2.22. The van der Waals surface area contributed by atoms with E-state index in [2.05, 4.69) is 21.1 Å². The first kappa shape index (κ1) is 26.3. The number of benzene rings is 1. The molecule has 0 unspecified atom stereocenters. The number of carbonyl (C=O) groups is 3. The highest BCUT2D eigenvalue weighted by Crippen LogP contribution is 2.37. The Morgan fingerprint density at radius 3 is 2.22 bits per heavy atom. The monoisotopic (exact) mass is 533 g/mol. The number of amides is 3. The van der Waals surface area contributed by atoms with E-state index in [0.29, 0.717) is 36.6 Å². The zero-order chi connectivity index (χ0) is 25.9. The molecule has 1 aromatic heterocycles. The van der Waals surface area contributed by atoms with Crippen LogP contribution in [0.3, 0.4) is 0 Å². The lowest BCUT2D eigenvalue weighted by atomic mass is 10.0. The van der Waals surface area contributed by atoms with Crippen molar-refractivity contribution in [2.75, 3.05) is 32.0 Å². The van der Waals surface area contributed by atoms with E-state index < -0.39 is 27.7 Å². The summed E-state index contributed by atoms with van der Waals surface area (Å²) >= 11 is 1.33. The van der Waals surface area contributed by atoms with Crippen LogP contribution in [-0.4, -0.2) is 62.0 Å². The Morgan fingerprint density at radius 2 is 1.58 bits per heavy atom. The highest BCUT2D eigenvalue weighted by molar-refractivity contribution is 7.89. The van der Waals surface area contributed by atoms with Crippen LogP contribution in [0.1, 0.15) is 63.8 Å². The van der Waals surface area contributed by atoms with Crippen molar-refractivity contribution in [1.82, 2.24) is 20.1 Å². The van der Waals surface area contributed by atoms with Crippen molar-refractivity contribution in [2.45, 2.75) is 50.5 Å². The van der Waals surface area contributed by atoms with Gasteiger partial charge >= 0.3 is 0 Å². The van der Waals surface area contributed by atoms with E-state index in [9.17, 15) is 22.8 Å². The van der Waals surface area contributed by atoms with Crippen molar-refractivity contribution in [2.24, 2.45) is 0 Å². The van der Waals surface area contributed by atoms with Gasteiger partial charge in [0.25, 0.3) is 11.8 Å². The molecule has 12 heteroatoms. The molecule has 1 fully saturated rings. The van der Waals surface area contributed by atoms with Crippen molar-refractivity contribution < 1.29 is 22.8 Å². The molecular formula is C24H31N5O5S2. The van der Waals surface area contributed by atoms with Gasteiger partial charge in [-0.3, -0.25) is 25.2 Å². The first-order valence-corrected chi connectivity index (χ1v) is 14.2. The molecule has 0 spiro atoms. The van der Waals surface area contributed by atoms with Gasteiger partial charge in [0.1, 0.15) is 5.00 Å². The zero-order valence-corrected chi connectivity index (χ0v) is 22.1. The number of hydrazine groups is 1. The normalized spacial score (nSPS) is 17.1. The molecule has 36 heavy (non-hydrogen) atoms. The number of likely N-dealkylation sites (N-methyl/N-ethyl adjacent to an activating group) is 1. The Kier molecular flexibility index (Phi) is 8.08. The molecule has 0 bridgehead atoms. The van der Waals surface area contributed by atoms with Crippen LogP contribution in [0.15, 0.2) is 29.2 Å². The highest BCUT2D eigenvalue weighted by atomic mass is 32.2. The van der Waals surface area contributed by atoms with Gasteiger partial charge in [-0.25, -0.2) is 8.42 Å².